The van der Waals surface area contributed by atoms with E-state index in [0.29, 0.717) is 6.54 Å². The summed E-state index contributed by atoms with van der Waals surface area (Å²) in [6.45, 7) is 2.30. The molecule has 23 heavy (non-hydrogen) atoms. The number of urea groups is 1. The first kappa shape index (κ1) is 15.4. The summed E-state index contributed by atoms with van der Waals surface area (Å²) < 4.78 is 3.52. The molecule has 3 heterocycles. The molecule has 1 aliphatic heterocycles. The monoisotopic (exact) mass is 317 g/mol. The molecule has 8 heteroatoms. The molecular formula is C15H23N7O. The minimum atomic E-state index is -0.133. The molecule has 2 aromatic rings. The first-order valence-corrected chi connectivity index (χ1v) is 7.85. The third-order valence-electron chi connectivity index (χ3n) is 4.02. The van der Waals surface area contributed by atoms with E-state index in [9.17, 15) is 4.79 Å². The Morgan fingerprint density at radius 3 is 2.74 bits per heavy atom. The first-order valence-electron chi connectivity index (χ1n) is 7.85. The average Bonchev–Trinajstić information content (AvgIpc) is 3.14. The number of anilines is 1. The summed E-state index contributed by atoms with van der Waals surface area (Å²) in [4.78, 5) is 14.3. The van der Waals surface area contributed by atoms with Gasteiger partial charge in [0.2, 0.25) is 0 Å². The topological polar surface area (TPSA) is 80.0 Å². The second kappa shape index (κ2) is 6.72. The maximum atomic E-state index is 12.1. The number of carbonyl (C=O) groups is 1. The minimum Gasteiger partial charge on any atom is -0.367 e. The molecule has 0 aromatic carbocycles. The number of piperidine rings is 1. The smallest absolute Gasteiger partial charge is 0.315 e. The van der Waals surface area contributed by atoms with Crippen LogP contribution in [0.4, 0.5) is 10.5 Å². The van der Waals surface area contributed by atoms with E-state index in [1.165, 1.54) is 0 Å². The number of aryl methyl sites for hydroxylation is 2. The van der Waals surface area contributed by atoms with E-state index in [1.807, 2.05) is 32.7 Å². The summed E-state index contributed by atoms with van der Waals surface area (Å²) in [5, 5.41) is 14.2. The van der Waals surface area contributed by atoms with Gasteiger partial charge in [-0.3, -0.25) is 9.36 Å². The van der Waals surface area contributed by atoms with Crippen molar-refractivity contribution in [2.75, 3.05) is 18.0 Å². The van der Waals surface area contributed by atoms with Crippen molar-refractivity contribution in [1.29, 1.82) is 0 Å². The molecule has 0 radical (unpaired) electrons. The number of rotatable bonds is 4. The van der Waals surface area contributed by atoms with E-state index in [1.54, 1.807) is 15.6 Å². The highest BCUT2D eigenvalue weighted by Gasteiger charge is 2.22. The van der Waals surface area contributed by atoms with E-state index in [4.69, 9.17) is 0 Å². The Morgan fingerprint density at radius 1 is 1.26 bits per heavy atom. The molecule has 1 fully saturated rings. The van der Waals surface area contributed by atoms with E-state index in [0.717, 1.165) is 37.2 Å². The Hall–Kier alpha value is -2.51. The van der Waals surface area contributed by atoms with Crippen molar-refractivity contribution in [2.45, 2.75) is 25.4 Å². The summed E-state index contributed by atoms with van der Waals surface area (Å²) in [6.07, 6.45) is 9.57. The van der Waals surface area contributed by atoms with Gasteiger partial charge in [0.25, 0.3) is 0 Å². The molecule has 3 rings (SSSR count). The molecule has 8 nitrogen and oxygen atoms in total. The summed E-state index contributed by atoms with van der Waals surface area (Å²) >= 11 is 0. The van der Waals surface area contributed by atoms with Gasteiger partial charge >= 0.3 is 6.03 Å². The number of nitrogens with one attached hydrogen (secondary N) is 2. The van der Waals surface area contributed by atoms with Gasteiger partial charge in [0.1, 0.15) is 0 Å². The Balaban J connectivity index is 1.48. The van der Waals surface area contributed by atoms with Crippen LogP contribution < -0.4 is 15.5 Å². The molecule has 2 N–H and O–H groups in total. The highest BCUT2D eigenvalue weighted by molar-refractivity contribution is 5.74. The predicted octanol–water partition coefficient (Wildman–Crippen LogP) is 0.622. The Labute approximate surface area is 135 Å². The molecule has 0 aliphatic carbocycles. The van der Waals surface area contributed by atoms with Crippen LogP contribution in [0.15, 0.2) is 24.8 Å². The van der Waals surface area contributed by atoms with Crippen LogP contribution in [0, 0.1) is 0 Å². The second-order valence-electron chi connectivity index (χ2n) is 6.01. The van der Waals surface area contributed by atoms with Crippen molar-refractivity contribution < 1.29 is 4.79 Å². The third kappa shape index (κ3) is 4.02. The summed E-state index contributed by atoms with van der Waals surface area (Å²) in [5.41, 5.74) is 2.10. The van der Waals surface area contributed by atoms with Gasteiger partial charge in [0.05, 0.1) is 18.1 Å². The maximum absolute atomic E-state index is 12.1. The molecule has 0 spiro atoms. The maximum Gasteiger partial charge on any atom is 0.315 e. The SMILES string of the molecule is Cn1cc(CNC(=O)N[C@H]2CCCN(c3cnn(C)c3)C2)cn1. The van der Waals surface area contributed by atoms with Crippen LogP contribution in [-0.4, -0.2) is 44.7 Å². The van der Waals surface area contributed by atoms with Crippen molar-refractivity contribution >= 4 is 11.7 Å². The van der Waals surface area contributed by atoms with Gasteiger partial charge in [0.15, 0.2) is 0 Å². The Morgan fingerprint density at radius 2 is 2.04 bits per heavy atom. The van der Waals surface area contributed by atoms with Gasteiger partial charge in [-0.2, -0.15) is 10.2 Å². The van der Waals surface area contributed by atoms with Gasteiger partial charge in [-0.25, -0.2) is 4.79 Å². The Bertz CT molecular complexity index is 662. The van der Waals surface area contributed by atoms with Crippen LogP contribution in [0.3, 0.4) is 0 Å². The van der Waals surface area contributed by atoms with E-state index < -0.39 is 0 Å². The van der Waals surface area contributed by atoms with Crippen molar-refractivity contribution in [3.8, 4) is 0 Å². The molecule has 0 bridgehead atoms. The van der Waals surface area contributed by atoms with E-state index >= 15 is 0 Å². The van der Waals surface area contributed by atoms with Crippen LogP contribution >= 0.6 is 0 Å². The number of hydrogen-bond donors (Lipinski definition) is 2. The van der Waals surface area contributed by atoms with Crippen molar-refractivity contribution in [2.24, 2.45) is 14.1 Å². The molecule has 2 aromatic heterocycles. The van der Waals surface area contributed by atoms with E-state index in [2.05, 4.69) is 25.7 Å². The lowest BCUT2D eigenvalue weighted by Crippen LogP contribution is -2.50. The molecular weight excluding hydrogens is 294 g/mol. The normalized spacial score (nSPS) is 18.0. The van der Waals surface area contributed by atoms with Crippen molar-refractivity contribution in [3.63, 3.8) is 0 Å². The molecule has 1 saturated heterocycles. The number of carbonyl (C=O) groups excluding carboxylic acids is 1. The Kier molecular flexibility index (Phi) is 4.50. The predicted molar refractivity (Wildman–Crippen MR) is 87.0 cm³/mol. The average molecular weight is 317 g/mol. The lowest BCUT2D eigenvalue weighted by Gasteiger charge is -2.33. The second-order valence-corrected chi connectivity index (χ2v) is 6.01. The number of nitrogens with zero attached hydrogens (tertiary/aromatic N) is 5. The fraction of sp³-hybridized carbons (Fsp3) is 0.533. The largest absolute Gasteiger partial charge is 0.367 e. The fourth-order valence-electron chi connectivity index (χ4n) is 2.88. The van der Waals surface area contributed by atoms with Gasteiger partial charge < -0.3 is 15.5 Å². The van der Waals surface area contributed by atoms with Crippen LogP contribution in [0.25, 0.3) is 0 Å². The van der Waals surface area contributed by atoms with E-state index in [-0.39, 0.29) is 12.1 Å². The molecule has 1 atom stereocenters. The number of amides is 2. The van der Waals surface area contributed by atoms with Crippen LogP contribution in [0.1, 0.15) is 18.4 Å². The van der Waals surface area contributed by atoms with Crippen LogP contribution in [0.5, 0.6) is 0 Å². The van der Waals surface area contributed by atoms with Crippen LogP contribution in [-0.2, 0) is 20.6 Å². The zero-order valence-electron chi connectivity index (χ0n) is 13.6. The highest BCUT2D eigenvalue weighted by Crippen LogP contribution is 2.18. The molecule has 0 saturated carbocycles. The zero-order valence-corrected chi connectivity index (χ0v) is 13.6. The van der Waals surface area contributed by atoms with Gasteiger partial charge in [-0.15, -0.1) is 0 Å². The minimum absolute atomic E-state index is 0.133. The van der Waals surface area contributed by atoms with Crippen LogP contribution in [0.2, 0.25) is 0 Å². The summed E-state index contributed by atoms with van der Waals surface area (Å²) in [5.74, 6) is 0. The first-order chi connectivity index (χ1) is 11.1. The lowest BCUT2D eigenvalue weighted by atomic mass is 10.1. The fourth-order valence-corrected chi connectivity index (χ4v) is 2.88. The zero-order chi connectivity index (χ0) is 16.2. The van der Waals surface area contributed by atoms with Gasteiger partial charge in [-0.1, -0.05) is 0 Å². The molecule has 2 amide bonds. The highest BCUT2D eigenvalue weighted by atomic mass is 16.2. The van der Waals surface area contributed by atoms with Gasteiger partial charge in [-0.05, 0) is 12.8 Å². The molecule has 0 unspecified atom stereocenters. The van der Waals surface area contributed by atoms with Crippen molar-refractivity contribution in [3.05, 3.63) is 30.4 Å². The van der Waals surface area contributed by atoms with Crippen molar-refractivity contribution in [1.82, 2.24) is 30.2 Å². The third-order valence-corrected chi connectivity index (χ3v) is 4.02. The molecule has 1 aliphatic rings. The number of hydrogen-bond acceptors (Lipinski definition) is 4. The van der Waals surface area contributed by atoms with Gasteiger partial charge in [0, 0.05) is 57.7 Å². The standard InChI is InChI=1S/C15H23N7O/c1-20-9-12(7-17-20)6-16-15(23)19-13-4-3-5-22(10-13)14-8-18-21(2)11-14/h7-9,11,13H,3-6,10H2,1-2H3,(H2,16,19,23)/t13-/m0/s1. The lowest BCUT2D eigenvalue weighted by molar-refractivity contribution is 0.234. The molecule has 124 valence electrons. The number of aromatic nitrogens is 4. The summed E-state index contributed by atoms with van der Waals surface area (Å²) in [7, 11) is 3.77. The quantitative estimate of drug-likeness (QED) is 0.866. The summed E-state index contributed by atoms with van der Waals surface area (Å²) in [6, 6.07) is 0.0183.